The van der Waals surface area contributed by atoms with E-state index in [-0.39, 0.29) is 6.61 Å². The lowest BCUT2D eigenvalue weighted by atomic mass is 10.2. The summed E-state index contributed by atoms with van der Waals surface area (Å²) in [5.41, 5.74) is 1.81. The molecule has 0 radical (unpaired) electrons. The molecular formula is C18H20N4O3. The van der Waals surface area contributed by atoms with Crippen molar-refractivity contribution in [1.29, 1.82) is 0 Å². The summed E-state index contributed by atoms with van der Waals surface area (Å²) < 4.78 is 11.1. The van der Waals surface area contributed by atoms with Gasteiger partial charge in [-0.25, -0.2) is 0 Å². The number of benzene rings is 1. The standard InChI is InChI=1S/C18H20N4O3/c1-24-16-7-3-2-6-15(16)18-21-20-17(25-18)13-22(9-10-23)12-14-5-4-8-19-11-14/h2-8,11,23H,9-10,12-13H2,1H3. The van der Waals surface area contributed by atoms with Crippen LogP contribution in [0.15, 0.2) is 53.2 Å². The number of rotatable bonds is 8. The topological polar surface area (TPSA) is 84.5 Å². The fourth-order valence-electron chi connectivity index (χ4n) is 2.54. The highest BCUT2D eigenvalue weighted by atomic mass is 16.5. The summed E-state index contributed by atoms with van der Waals surface area (Å²) >= 11 is 0. The predicted octanol–water partition coefficient (Wildman–Crippen LogP) is 2.13. The number of pyridine rings is 1. The Labute approximate surface area is 145 Å². The molecule has 1 N–H and O–H groups in total. The van der Waals surface area contributed by atoms with E-state index in [1.54, 1.807) is 19.5 Å². The Kier molecular flexibility index (Phi) is 5.71. The lowest BCUT2D eigenvalue weighted by molar-refractivity contribution is 0.172. The molecule has 3 rings (SSSR count). The van der Waals surface area contributed by atoms with Crippen LogP contribution in [0.1, 0.15) is 11.5 Å². The van der Waals surface area contributed by atoms with E-state index in [0.717, 1.165) is 11.1 Å². The number of nitrogens with zero attached hydrogens (tertiary/aromatic N) is 4. The van der Waals surface area contributed by atoms with Gasteiger partial charge in [0.2, 0.25) is 5.89 Å². The van der Waals surface area contributed by atoms with Crippen molar-refractivity contribution in [3.05, 3.63) is 60.2 Å². The van der Waals surface area contributed by atoms with E-state index in [1.165, 1.54) is 0 Å². The maximum Gasteiger partial charge on any atom is 0.251 e. The maximum atomic E-state index is 9.30. The van der Waals surface area contributed by atoms with Gasteiger partial charge in [-0.1, -0.05) is 18.2 Å². The number of para-hydroxylation sites is 1. The molecule has 2 heterocycles. The highest BCUT2D eigenvalue weighted by Gasteiger charge is 2.15. The van der Waals surface area contributed by atoms with Crippen molar-refractivity contribution >= 4 is 0 Å². The Balaban J connectivity index is 1.74. The van der Waals surface area contributed by atoms with E-state index in [1.807, 2.05) is 41.3 Å². The number of hydrogen-bond acceptors (Lipinski definition) is 7. The van der Waals surface area contributed by atoms with Gasteiger partial charge in [0.25, 0.3) is 5.89 Å². The summed E-state index contributed by atoms with van der Waals surface area (Å²) in [7, 11) is 1.60. The van der Waals surface area contributed by atoms with Gasteiger partial charge in [0.05, 0.1) is 25.8 Å². The molecule has 0 aliphatic carbocycles. The van der Waals surface area contributed by atoms with Gasteiger partial charge in [-0.2, -0.15) is 0 Å². The van der Waals surface area contributed by atoms with Gasteiger partial charge in [-0.05, 0) is 23.8 Å². The fourth-order valence-corrected chi connectivity index (χ4v) is 2.54. The molecule has 3 aromatic rings. The van der Waals surface area contributed by atoms with Gasteiger partial charge < -0.3 is 14.3 Å². The molecule has 0 spiro atoms. The molecule has 7 heteroatoms. The summed E-state index contributed by atoms with van der Waals surface area (Å²) in [5.74, 6) is 1.58. The zero-order valence-corrected chi connectivity index (χ0v) is 14.0. The van der Waals surface area contributed by atoms with Crippen LogP contribution in [0.5, 0.6) is 5.75 Å². The van der Waals surface area contributed by atoms with Crippen molar-refractivity contribution in [3.8, 4) is 17.2 Å². The molecule has 0 aliphatic heterocycles. The maximum absolute atomic E-state index is 9.30. The molecule has 2 aromatic heterocycles. The smallest absolute Gasteiger partial charge is 0.251 e. The Morgan fingerprint density at radius 1 is 1.12 bits per heavy atom. The van der Waals surface area contributed by atoms with Crippen molar-refractivity contribution in [2.45, 2.75) is 13.1 Å². The van der Waals surface area contributed by atoms with Crippen LogP contribution >= 0.6 is 0 Å². The molecule has 0 amide bonds. The first-order chi connectivity index (χ1) is 12.3. The number of ether oxygens (including phenoxy) is 1. The summed E-state index contributed by atoms with van der Waals surface area (Å²) in [5, 5.41) is 17.5. The largest absolute Gasteiger partial charge is 0.496 e. The second-order valence-corrected chi connectivity index (χ2v) is 5.50. The van der Waals surface area contributed by atoms with E-state index in [4.69, 9.17) is 9.15 Å². The molecular weight excluding hydrogens is 320 g/mol. The average molecular weight is 340 g/mol. The van der Waals surface area contributed by atoms with Crippen LogP contribution in [0.25, 0.3) is 11.5 Å². The monoisotopic (exact) mass is 340 g/mol. The molecule has 0 fully saturated rings. The zero-order valence-electron chi connectivity index (χ0n) is 14.0. The molecule has 1 aromatic carbocycles. The number of aliphatic hydroxyl groups excluding tert-OH is 1. The Morgan fingerprint density at radius 2 is 2.00 bits per heavy atom. The Hall–Kier alpha value is -2.77. The first kappa shape index (κ1) is 17.1. The Bertz CT molecular complexity index is 792. The molecule has 130 valence electrons. The molecule has 0 bridgehead atoms. The van der Waals surface area contributed by atoms with E-state index in [9.17, 15) is 5.11 Å². The van der Waals surface area contributed by atoms with Crippen molar-refractivity contribution in [1.82, 2.24) is 20.1 Å². The van der Waals surface area contributed by atoms with Gasteiger partial charge in [-0.15, -0.1) is 10.2 Å². The highest BCUT2D eigenvalue weighted by Crippen LogP contribution is 2.28. The van der Waals surface area contributed by atoms with Crippen molar-refractivity contribution < 1.29 is 14.3 Å². The second-order valence-electron chi connectivity index (χ2n) is 5.50. The van der Waals surface area contributed by atoms with Crippen molar-refractivity contribution in [2.75, 3.05) is 20.3 Å². The second kappa shape index (κ2) is 8.36. The van der Waals surface area contributed by atoms with Crippen LogP contribution in [0.4, 0.5) is 0 Å². The zero-order chi connectivity index (χ0) is 17.5. The van der Waals surface area contributed by atoms with Gasteiger partial charge >= 0.3 is 0 Å². The number of aliphatic hydroxyl groups is 1. The van der Waals surface area contributed by atoms with Crippen LogP contribution in [-0.4, -0.2) is 45.4 Å². The van der Waals surface area contributed by atoms with Crippen LogP contribution in [0.3, 0.4) is 0 Å². The third-order valence-corrected chi connectivity index (χ3v) is 3.71. The quantitative estimate of drug-likeness (QED) is 0.672. The molecule has 0 aliphatic rings. The third-order valence-electron chi connectivity index (χ3n) is 3.71. The van der Waals surface area contributed by atoms with E-state index < -0.39 is 0 Å². The third kappa shape index (κ3) is 4.40. The number of hydrogen-bond donors (Lipinski definition) is 1. The Morgan fingerprint density at radius 3 is 2.76 bits per heavy atom. The minimum Gasteiger partial charge on any atom is -0.496 e. The molecule has 0 unspecified atom stereocenters. The molecule has 0 saturated heterocycles. The van der Waals surface area contributed by atoms with E-state index in [2.05, 4.69) is 15.2 Å². The summed E-state index contributed by atoms with van der Waals surface area (Å²) in [6.45, 7) is 1.63. The number of aromatic nitrogens is 3. The van der Waals surface area contributed by atoms with Gasteiger partial charge in [0.1, 0.15) is 5.75 Å². The summed E-state index contributed by atoms with van der Waals surface area (Å²) in [4.78, 5) is 6.14. The van der Waals surface area contributed by atoms with Crippen LogP contribution in [0, 0.1) is 0 Å². The van der Waals surface area contributed by atoms with Crippen LogP contribution in [0.2, 0.25) is 0 Å². The predicted molar refractivity (Wildman–Crippen MR) is 91.7 cm³/mol. The van der Waals surface area contributed by atoms with Gasteiger partial charge in [-0.3, -0.25) is 9.88 Å². The minimum absolute atomic E-state index is 0.0494. The first-order valence-electron chi connectivity index (χ1n) is 7.98. The summed E-state index contributed by atoms with van der Waals surface area (Å²) in [6, 6.07) is 11.4. The summed E-state index contributed by atoms with van der Waals surface area (Å²) in [6.07, 6.45) is 3.54. The molecule has 7 nitrogen and oxygen atoms in total. The van der Waals surface area contributed by atoms with E-state index in [0.29, 0.717) is 37.2 Å². The lowest BCUT2D eigenvalue weighted by Gasteiger charge is -2.19. The van der Waals surface area contributed by atoms with Crippen LogP contribution in [-0.2, 0) is 13.1 Å². The average Bonchev–Trinajstić information content (AvgIpc) is 3.11. The van der Waals surface area contributed by atoms with Crippen LogP contribution < -0.4 is 4.74 Å². The minimum atomic E-state index is 0.0494. The van der Waals surface area contributed by atoms with Gasteiger partial charge in [0, 0.05) is 25.5 Å². The molecule has 0 saturated carbocycles. The van der Waals surface area contributed by atoms with Crippen molar-refractivity contribution in [3.63, 3.8) is 0 Å². The molecule has 25 heavy (non-hydrogen) atoms. The van der Waals surface area contributed by atoms with E-state index >= 15 is 0 Å². The normalized spacial score (nSPS) is 11.0. The number of methoxy groups -OCH3 is 1. The van der Waals surface area contributed by atoms with Gasteiger partial charge in [0.15, 0.2) is 0 Å². The SMILES string of the molecule is COc1ccccc1-c1nnc(CN(CCO)Cc2cccnc2)o1. The first-order valence-corrected chi connectivity index (χ1v) is 7.98. The highest BCUT2D eigenvalue weighted by molar-refractivity contribution is 5.62. The fraction of sp³-hybridized carbons (Fsp3) is 0.278. The molecule has 0 atom stereocenters. The lowest BCUT2D eigenvalue weighted by Crippen LogP contribution is -2.26. The van der Waals surface area contributed by atoms with Crippen molar-refractivity contribution in [2.24, 2.45) is 0 Å².